The van der Waals surface area contributed by atoms with Gasteiger partial charge < -0.3 is 23.7 Å². The molecule has 0 bridgehead atoms. The molecule has 3 heterocycles. The van der Waals surface area contributed by atoms with E-state index in [0.717, 1.165) is 69.6 Å². The number of benzene rings is 3. The molecule has 6 rings (SSSR count). The third kappa shape index (κ3) is 3.86. The lowest BCUT2D eigenvalue weighted by atomic mass is 9.76. The molecule has 5 nitrogen and oxygen atoms in total. The first-order valence-corrected chi connectivity index (χ1v) is 12.9. The van der Waals surface area contributed by atoms with Gasteiger partial charge in [-0.3, -0.25) is 0 Å². The summed E-state index contributed by atoms with van der Waals surface area (Å²) in [5.74, 6) is 3.78. The van der Waals surface area contributed by atoms with Gasteiger partial charge in [-0.15, -0.1) is 0 Å². The number of hydrogen-bond donors (Lipinski definition) is 0. The lowest BCUT2D eigenvalue weighted by Gasteiger charge is -2.36. The van der Waals surface area contributed by atoms with Crippen molar-refractivity contribution in [2.75, 3.05) is 26.4 Å². The highest BCUT2D eigenvalue weighted by Gasteiger charge is 2.38. The Morgan fingerprint density at radius 3 is 1.50 bits per heavy atom. The third-order valence-electron chi connectivity index (χ3n) is 8.01. The summed E-state index contributed by atoms with van der Waals surface area (Å²) in [4.78, 5) is 0. The van der Waals surface area contributed by atoms with Crippen LogP contribution in [0.2, 0.25) is 0 Å². The van der Waals surface area contributed by atoms with Crippen LogP contribution in [0.5, 0.6) is 23.0 Å². The van der Waals surface area contributed by atoms with Gasteiger partial charge in [-0.1, -0.05) is 30.3 Å². The Balaban J connectivity index is 1.58. The fraction of sp³-hybridized carbons (Fsp3) is 0.419. The second kappa shape index (κ2) is 8.82. The Bertz CT molecular complexity index is 1250. The standard InChI is InChI=1S/C31H34O5/c1-16-18(3)30-25(20(5)28(16)34-14-23-12-32-23)27(22-10-8-7-9-11-22)26-21(6)29(35-15-24-13-33-24)17(2)19(4)31(26)36-30/h7-11,23-24,27H,12-15H2,1-6H3. The fourth-order valence-electron chi connectivity index (χ4n) is 5.53. The lowest BCUT2D eigenvalue weighted by molar-refractivity contribution is 0.258. The molecule has 2 unspecified atom stereocenters. The number of fused-ring (bicyclic) bond motifs is 2. The minimum atomic E-state index is 0.00241. The first-order valence-electron chi connectivity index (χ1n) is 12.9. The molecule has 0 N–H and O–H groups in total. The predicted molar refractivity (Wildman–Crippen MR) is 139 cm³/mol. The van der Waals surface area contributed by atoms with Gasteiger partial charge in [-0.05, 0) is 80.5 Å². The van der Waals surface area contributed by atoms with E-state index in [9.17, 15) is 0 Å². The molecular weight excluding hydrogens is 452 g/mol. The molecule has 3 aromatic carbocycles. The van der Waals surface area contributed by atoms with Crippen LogP contribution in [0.1, 0.15) is 56.0 Å². The number of rotatable bonds is 7. The zero-order valence-electron chi connectivity index (χ0n) is 22.0. The molecule has 36 heavy (non-hydrogen) atoms. The van der Waals surface area contributed by atoms with Gasteiger partial charge in [-0.2, -0.15) is 0 Å². The van der Waals surface area contributed by atoms with Gasteiger partial charge in [0.15, 0.2) is 0 Å². The Hall–Kier alpha value is -3.02. The van der Waals surface area contributed by atoms with Crippen LogP contribution in [0, 0.1) is 41.5 Å². The van der Waals surface area contributed by atoms with Crippen LogP contribution in [-0.2, 0) is 9.47 Å². The normalized spacial score (nSPS) is 21.3. The maximum Gasteiger partial charge on any atom is 0.135 e. The van der Waals surface area contributed by atoms with Crippen molar-refractivity contribution in [1.82, 2.24) is 0 Å². The van der Waals surface area contributed by atoms with Crippen molar-refractivity contribution >= 4 is 0 Å². The molecule has 0 aliphatic carbocycles. The number of epoxide rings is 2. The van der Waals surface area contributed by atoms with Crippen LogP contribution in [0.25, 0.3) is 0 Å². The molecule has 0 amide bonds. The second-order valence-corrected chi connectivity index (χ2v) is 10.4. The second-order valence-electron chi connectivity index (χ2n) is 10.4. The van der Waals surface area contributed by atoms with Gasteiger partial charge in [0.1, 0.15) is 48.4 Å². The minimum Gasteiger partial charge on any atom is -0.490 e. The summed E-state index contributed by atoms with van der Waals surface area (Å²) in [6.45, 7) is 15.6. The van der Waals surface area contributed by atoms with Crippen LogP contribution >= 0.6 is 0 Å². The van der Waals surface area contributed by atoms with E-state index in [1.54, 1.807) is 0 Å². The average molecular weight is 487 g/mol. The van der Waals surface area contributed by atoms with Crippen molar-refractivity contribution in [2.45, 2.75) is 59.7 Å². The molecule has 0 spiro atoms. The van der Waals surface area contributed by atoms with E-state index in [1.807, 2.05) is 0 Å². The van der Waals surface area contributed by atoms with Crippen molar-refractivity contribution in [2.24, 2.45) is 0 Å². The summed E-state index contributed by atoms with van der Waals surface area (Å²) in [6.07, 6.45) is 0.398. The van der Waals surface area contributed by atoms with E-state index in [1.165, 1.54) is 16.7 Å². The molecule has 0 aromatic heterocycles. The minimum absolute atomic E-state index is 0.00241. The molecule has 2 atom stereocenters. The SMILES string of the molecule is Cc1c(C)c2c(c(C)c1OCC1CO1)C(c1ccccc1)c1c(C)c(OCC3CO3)c(C)c(C)c1O2. The molecule has 0 radical (unpaired) electrons. The first kappa shape index (κ1) is 23.4. The van der Waals surface area contributed by atoms with E-state index in [0.29, 0.717) is 13.2 Å². The Morgan fingerprint density at radius 1 is 0.639 bits per heavy atom. The van der Waals surface area contributed by atoms with Crippen molar-refractivity contribution in [1.29, 1.82) is 0 Å². The fourth-order valence-corrected chi connectivity index (χ4v) is 5.53. The largest absolute Gasteiger partial charge is 0.490 e. The zero-order valence-corrected chi connectivity index (χ0v) is 22.0. The monoisotopic (exact) mass is 486 g/mol. The summed E-state index contributed by atoms with van der Waals surface area (Å²) < 4.78 is 30.4. The van der Waals surface area contributed by atoms with Gasteiger partial charge in [0, 0.05) is 17.0 Å². The first-order chi connectivity index (χ1) is 17.4. The molecule has 3 aliphatic heterocycles. The van der Waals surface area contributed by atoms with Crippen LogP contribution in [0.15, 0.2) is 30.3 Å². The van der Waals surface area contributed by atoms with Crippen molar-refractivity contribution in [3.8, 4) is 23.0 Å². The maximum atomic E-state index is 6.84. The van der Waals surface area contributed by atoms with Crippen molar-refractivity contribution < 1.29 is 23.7 Å². The summed E-state index contributed by atoms with van der Waals surface area (Å²) in [5.41, 5.74) is 10.3. The van der Waals surface area contributed by atoms with Crippen molar-refractivity contribution in [3.63, 3.8) is 0 Å². The Morgan fingerprint density at radius 2 is 1.08 bits per heavy atom. The van der Waals surface area contributed by atoms with E-state index >= 15 is 0 Å². The van der Waals surface area contributed by atoms with Crippen molar-refractivity contribution in [3.05, 3.63) is 80.4 Å². The van der Waals surface area contributed by atoms with Gasteiger partial charge in [0.2, 0.25) is 0 Å². The molecule has 3 aliphatic rings. The summed E-state index contributed by atoms with van der Waals surface area (Å²) in [7, 11) is 0. The van der Waals surface area contributed by atoms with Crippen LogP contribution in [-0.4, -0.2) is 38.6 Å². The van der Waals surface area contributed by atoms with Gasteiger partial charge in [0.05, 0.1) is 13.2 Å². The molecule has 2 fully saturated rings. The van der Waals surface area contributed by atoms with Crippen LogP contribution < -0.4 is 14.2 Å². The molecule has 5 heteroatoms. The van der Waals surface area contributed by atoms with E-state index in [4.69, 9.17) is 23.7 Å². The summed E-state index contributed by atoms with van der Waals surface area (Å²) in [6, 6.07) is 10.7. The quantitative estimate of drug-likeness (QED) is 0.284. The number of ether oxygens (including phenoxy) is 5. The summed E-state index contributed by atoms with van der Waals surface area (Å²) >= 11 is 0. The molecule has 0 saturated carbocycles. The average Bonchev–Trinajstić information content (AvgIpc) is 3.81. The molecule has 188 valence electrons. The highest BCUT2D eigenvalue weighted by Crippen LogP contribution is 2.56. The molecular formula is C31H34O5. The van der Waals surface area contributed by atoms with E-state index in [2.05, 4.69) is 71.9 Å². The topological polar surface area (TPSA) is 52.8 Å². The summed E-state index contributed by atoms with van der Waals surface area (Å²) in [5, 5.41) is 0. The highest BCUT2D eigenvalue weighted by molar-refractivity contribution is 5.72. The van der Waals surface area contributed by atoms with E-state index < -0.39 is 0 Å². The highest BCUT2D eigenvalue weighted by atomic mass is 16.6. The Labute approximate surface area is 213 Å². The van der Waals surface area contributed by atoms with Gasteiger partial charge in [-0.25, -0.2) is 0 Å². The lowest BCUT2D eigenvalue weighted by Crippen LogP contribution is -2.20. The molecule has 2 saturated heterocycles. The smallest absolute Gasteiger partial charge is 0.135 e. The third-order valence-corrected chi connectivity index (χ3v) is 8.01. The predicted octanol–water partition coefficient (Wildman–Crippen LogP) is 6.38. The zero-order chi connectivity index (χ0) is 25.1. The van der Waals surface area contributed by atoms with Gasteiger partial charge in [0.25, 0.3) is 0 Å². The number of hydrogen-bond acceptors (Lipinski definition) is 5. The van der Waals surface area contributed by atoms with Crippen LogP contribution in [0.4, 0.5) is 0 Å². The van der Waals surface area contributed by atoms with Gasteiger partial charge >= 0.3 is 0 Å². The molecule has 3 aromatic rings. The Kier molecular flexibility index (Phi) is 5.73. The van der Waals surface area contributed by atoms with E-state index in [-0.39, 0.29) is 18.1 Å². The maximum absolute atomic E-state index is 6.84. The van der Waals surface area contributed by atoms with Crippen LogP contribution in [0.3, 0.4) is 0 Å².